The first-order valence-electron chi connectivity index (χ1n) is 9.24. The van der Waals surface area contributed by atoms with Crippen molar-refractivity contribution in [3.63, 3.8) is 0 Å². The lowest BCUT2D eigenvalue weighted by Crippen LogP contribution is -2.41. The summed E-state index contributed by atoms with van der Waals surface area (Å²) in [4.78, 5) is 23.7. The average Bonchev–Trinajstić information content (AvgIpc) is 3.30. The van der Waals surface area contributed by atoms with Gasteiger partial charge in [0.2, 0.25) is 0 Å². The van der Waals surface area contributed by atoms with Crippen molar-refractivity contribution in [1.29, 1.82) is 0 Å². The second-order valence-corrected chi connectivity index (χ2v) is 7.62. The number of carbonyl (C=O) groups excluding carboxylic acids is 2. The first-order valence-corrected chi connectivity index (χ1v) is 9.99. The van der Waals surface area contributed by atoms with Crippen LogP contribution in [-0.4, -0.2) is 41.9 Å². The van der Waals surface area contributed by atoms with Crippen molar-refractivity contribution in [2.24, 2.45) is 5.10 Å². The number of nitrogens with zero attached hydrogens (tertiary/aromatic N) is 2. The molecule has 1 aliphatic heterocycles. The molecule has 2 heterocycles. The molecule has 9 heteroatoms. The van der Waals surface area contributed by atoms with Crippen molar-refractivity contribution in [3.8, 4) is 5.69 Å². The molecule has 1 aromatic carbocycles. The Kier molecular flexibility index (Phi) is 6.95. The Labute approximate surface area is 179 Å². The number of aromatic nitrogens is 1. The molecule has 2 N–H and O–H groups in total. The number of amides is 2. The van der Waals surface area contributed by atoms with Gasteiger partial charge >= 0.3 is 11.8 Å². The normalized spacial score (nSPS) is 16.3. The van der Waals surface area contributed by atoms with Crippen molar-refractivity contribution < 1.29 is 14.3 Å². The van der Waals surface area contributed by atoms with Gasteiger partial charge < -0.3 is 14.6 Å². The maximum absolute atomic E-state index is 11.9. The van der Waals surface area contributed by atoms with Gasteiger partial charge in [-0.05, 0) is 51.0 Å². The number of hydrogen-bond donors (Lipinski definition) is 2. The Bertz CT molecular complexity index is 949. The molecular weight excluding hydrogens is 415 g/mol. The zero-order valence-corrected chi connectivity index (χ0v) is 17.7. The molecular formula is C20H22Cl2N4O3. The van der Waals surface area contributed by atoms with E-state index in [9.17, 15) is 9.59 Å². The summed E-state index contributed by atoms with van der Waals surface area (Å²) in [5.74, 6) is -1.56. The molecule has 1 aromatic heterocycles. The summed E-state index contributed by atoms with van der Waals surface area (Å²) in [5.41, 5.74) is 5.78. The number of aryl methyl sites for hydroxylation is 1. The van der Waals surface area contributed by atoms with Crippen LogP contribution in [0.2, 0.25) is 10.0 Å². The van der Waals surface area contributed by atoms with Gasteiger partial charge in [-0.15, -0.1) is 0 Å². The monoisotopic (exact) mass is 436 g/mol. The van der Waals surface area contributed by atoms with Gasteiger partial charge in [0.15, 0.2) is 0 Å². The minimum Gasteiger partial charge on any atom is -0.376 e. The molecule has 1 fully saturated rings. The Balaban J connectivity index is 1.62. The van der Waals surface area contributed by atoms with E-state index >= 15 is 0 Å². The summed E-state index contributed by atoms with van der Waals surface area (Å²) in [5, 5.41) is 7.41. The van der Waals surface area contributed by atoms with Crippen molar-refractivity contribution >= 4 is 41.2 Å². The van der Waals surface area contributed by atoms with E-state index in [0.29, 0.717) is 23.2 Å². The molecule has 1 atom stereocenters. The summed E-state index contributed by atoms with van der Waals surface area (Å²) in [6.45, 7) is 4.88. The number of hydrogen-bond acceptors (Lipinski definition) is 4. The highest BCUT2D eigenvalue weighted by atomic mass is 35.5. The molecule has 29 heavy (non-hydrogen) atoms. The molecule has 1 aliphatic rings. The van der Waals surface area contributed by atoms with E-state index in [-0.39, 0.29) is 6.10 Å². The van der Waals surface area contributed by atoms with Crippen LogP contribution in [-0.2, 0) is 14.3 Å². The Morgan fingerprint density at radius 3 is 2.72 bits per heavy atom. The zero-order valence-electron chi connectivity index (χ0n) is 16.2. The molecule has 7 nitrogen and oxygen atoms in total. The van der Waals surface area contributed by atoms with Gasteiger partial charge in [-0.2, -0.15) is 5.10 Å². The third kappa shape index (κ3) is 5.18. The fourth-order valence-electron chi connectivity index (χ4n) is 3.24. The quantitative estimate of drug-likeness (QED) is 0.428. The molecule has 154 valence electrons. The van der Waals surface area contributed by atoms with E-state index in [2.05, 4.69) is 15.8 Å². The lowest BCUT2D eigenvalue weighted by Gasteiger charge is -2.10. The standard InChI is InChI=1S/C20H22Cl2N4O3/c1-12-8-14(13(2)26(12)15-5-6-17(21)18(22)9-15)10-24-25-20(28)19(27)23-11-16-4-3-7-29-16/h5-6,8-10,16H,3-4,7,11H2,1-2H3,(H,23,27)(H,25,28)/b24-10-/t16-/m0/s1. The topological polar surface area (TPSA) is 84.7 Å². The molecule has 0 unspecified atom stereocenters. The number of nitrogens with one attached hydrogen (secondary N) is 2. The molecule has 0 saturated carbocycles. The highest BCUT2D eigenvalue weighted by Crippen LogP contribution is 2.27. The number of ether oxygens (including phenoxy) is 1. The molecule has 0 spiro atoms. The molecule has 1 saturated heterocycles. The van der Waals surface area contributed by atoms with Gasteiger partial charge in [-0.25, -0.2) is 5.43 Å². The first-order chi connectivity index (χ1) is 13.9. The SMILES string of the molecule is Cc1cc(/C=N\NC(=O)C(=O)NC[C@@H]2CCCO2)c(C)n1-c1ccc(Cl)c(Cl)c1. The minimum absolute atomic E-state index is 0.0259. The van der Waals surface area contributed by atoms with Crippen LogP contribution in [0.1, 0.15) is 29.8 Å². The third-order valence-corrected chi connectivity index (χ3v) is 5.46. The maximum Gasteiger partial charge on any atom is 0.329 e. The second-order valence-electron chi connectivity index (χ2n) is 6.80. The lowest BCUT2D eigenvalue weighted by atomic mass is 10.2. The first kappa shape index (κ1) is 21.4. The van der Waals surface area contributed by atoms with Crippen molar-refractivity contribution in [2.45, 2.75) is 32.8 Å². The molecule has 2 amide bonds. The Hall–Kier alpha value is -2.35. The van der Waals surface area contributed by atoms with Crippen LogP contribution in [0.15, 0.2) is 29.4 Å². The smallest absolute Gasteiger partial charge is 0.329 e. The van der Waals surface area contributed by atoms with Crippen LogP contribution in [0.5, 0.6) is 0 Å². The van der Waals surface area contributed by atoms with E-state index in [1.54, 1.807) is 12.1 Å². The van der Waals surface area contributed by atoms with Crippen LogP contribution in [0.4, 0.5) is 0 Å². The van der Waals surface area contributed by atoms with Crippen LogP contribution in [0, 0.1) is 13.8 Å². The summed E-state index contributed by atoms with van der Waals surface area (Å²) >= 11 is 12.1. The van der Waals surface area contributed by atoms with Gasteiger partial charge in [-0.1, -0.05) is 23.2 Å². The van der Waals surface area contributed by atoms with Gasteiger partial charge in [0.1, 0.15) is 0 Å². The summed E-state index contributed by atoms with van der Waals surface area (Å²) < 4.78 is 7.40. The largest absolute Gasteiger partial charge is 0.376 e. The number of carbonyl (C=O) groups is 2. The Morgan fingerprint density at radius 1 is 1.24 bits per heavy atom. The van der Waals surface area contributed by atoms with Crippen molar-refractivity contribution in [2.75, 3.05) is 13.2 Å². The molecule has 2 aromatic rings. The number of benzene rings is 1. The van der Waals surface area contributed by atoms with Gasteiger partial charge in [0, 0.05) is 35.8 Å². The summed E-state index contributed by atoms with van der Waals surface area (Å²) in [6.07, 6.45) is 3.33. The zero-order chi connectivity index (χ0) is 21.0. The van der Waals surface area contributed by atoms with Crippen LogP contribution < -0.4 is 10.7 Å². The van der Waals surface area contributed by atoms with E-state index < -0.39 is 11.8 Å². The highest BCUT2D eigenvalue weighted by molar-refractivity contribution is 6.42. The lowest BCUT2D eigenvalue weighted by molar-refractivity contribution is -0.139. The number of rotatable bonds is 5. The van der Waals surface area contributed by atoms with Crippen LogP contribution in [0.3, 0.4) is 0 Å². The summed E-state index contributed by atoms with van der Waals surface area (Å²) in [6, 6.07) is 7.31. The van der Waals surface area contributed by atoms with E-state index in [1.165, 1.54) is 6.21 Å². The van der Waals surface area contributed by atoms with Gasteiger partial charge in [0.05, 0.1) is 22.4 Å². The fourth-order valence-corrected chi connectivity index (χ4v) is 3.54. The fraction of sp³-hybridized carbons (Fsp3) is 0.350. The average molecular weight is 437 g/mol. The summed E-state index contributed by atoms with van der Waals surface area (Å²) in [7, 11) is 0. The van der Waals surface area contributed by atoms with Gasteiger partial charge in [-0.3, -0.25) is 9.59 Å². The minimum atomic E-state index is -0.822. The molecule has 0 bridgehead atoms. The number of halogens is 2. The van der Waals surface area contributed by atoms with E-state index in [4.69, 9.17) is 27.9 Å². The van der Waals surface area contributed by atoms with E-state index in [1.807, 2.05) is 30.5 Å². The van der Waals surface area contributed by atoms with Crippen molar-refractivity contribution in [3.05, 3.63) is 51.3 Å². The van der Waals surface area contributed by atoms with Gasteiger partial charge in [0.25, 0.3) is 0 Å². The Morgan fingerprint density at radius 2 is 2.03 bits per heavy atom. The number of hydrazone groups is 1. The molecule has 0 aliphatic carbocycles. The predicted octanol–water partition coefficient (Wildman–Crippen LogP) is 3.15. The second kappa shape index (κ2) is 9.43. The molecule has 3 rings (SSSR count). The maximum atomic E-state index is 11.9. The van der Waals surface area contributed by atoms with E-state index in [0.717, 1.165) is 35.5 Å². The van der Waals surface area contributed by atoms with Crippen LogP contribution in [0.25, 0.3) is 5.69 Å². The van der Waals surface area contributed by atoms with Crippen LogP contribution >= 0.6 is 23.2 Å². The molecule has 0 radical (unpaired) electrons. The highest BCUT2D eigenvalue weighted by Gasteiger charge is 2.19. The predicted molar refractivity (Wildman–Crippen MR) is 113 cm³/mol. The third-order valence-electron chi connectivity index (χ3n) is 4.72. The van der Waals surface area contributed by atoms with Crippen molar-refractivity contribution in [1.82, 2.24) is 15.3 Å².